The molecule has 0 aliphatic carbocycles. The van der Waals surface area contributed by atoms with Gasteiger partial charge in [-0.3, -0.25) is 17.6 Å². The Labute approximate surface area is 249 Å². The number of hydrogen-bond acceptors (Lipinski definition) is 5. The smallest absolute Gasteiger partial charge is 0.0480 e. The Morgan fingerprint density at radius 1 is 0.732 bits per heavy atom. The molecule has 41 heavy (non-hydrogen) atoms. The third-order valence-corrected chi connectivity index (χ3v) is 5.93. The van der Waals surface area contributed by atoms with Crippen LogP contribution < -0.4 is 9.80 Å². The number of aryl methyl sites for hydroxylation is 1. The van der Waals surface area contributed by atoms with Gasteiger partial charge in [-0.05, 0) is 50.8 Å². The first-order valence-electron chi connectivity index (χ1n) is 12.0. The monoisotopic (exact) mass is 736 g/mol. The minimum absolute atomic E-state index is 0. The van der Waals surface area contributed by atoms with Crippen LogP contribution in [0.4, 0.5) is 28.9 Å². The van der Waals surface area contributed by atoms with Crippen LogP contribution >= 0.6 is 0 Å². The molecular formula is C30H23F4IrN6-5. The second-order valence-electron chi connectivity index (χ2n) is 9.04. The molecule has 0 spiro atoms. The van der Waals surface area contributed by atoms with Crippen molar-refractivity contribution in [3.05, 3.63) is 128 Å². The van der Waals surface area contributed by atoms with Crippen molar-refractivity contribution in [1.82, 2.24) is 19.4 Å². The molecule has 4 aromatic rings. The Kier molecular flexibility index (Phi) is 9.20. The molecule has 3 heterocycles. The number of benzene rings is 3. The van der Waals surface area contributed by atoms with Gasteiger partial charge in [-0.1, -0.05) is 23.3 Å². The summed E-state index contributed by atoms with van der Waals surface area (Å²) in [4.78, 5) is 12.2. The molecule has 0 fully saturated rings. The van der Waals surface area contributed by atoms with Crippen LogP contribution in [0.25, 0.3) is 22.6 Å². The maximum absolute atomic E-state index is 13.8. The van der Waals surface area contributed by atoms with Crippen LogP contribution in [0.5, 0.6) is 0 Å². The molecule has 0 amide bonds. The average Bonchev–Trinajstić information content (AvgIpc) is 3.65. The summed E-state index contributed by atoms with van der Waals surface area (Å²) in [5.74, 6) is -3.02. The van der Waals surface area contributed by atoms with E-state index in [0.717, 1.165) is 23.5 Å². The summed E-state index contributed by atoms with van der Waals surface area (Å²) in [7, 11) is 5.59. The quantitative estimate of drug-likeness (QED) is 0.188. The van der Waals surface area contributed by atoms with Crippen LogP contribution in [0.3, 0.4) is 0 Å². The molecular weight excluding hydrogens is 713 g/mol. The third-order valence-electron chi connectivity index (χ3n) is 5.93. The minimum Gasteiger partial charge on any atom is -0.510 e. The zero-order chi connectivity index (χ0) is 28.4. The van der Waals surface area contributed by atoms with Crippen LogP contribution in [0.2, 0.25) is 0 Å². The second-order valence-corrected chi connectivity index (χ2v) is 9.04. The molecule has 11 heteroatoms. The Balaban J connectivity index is 0.000000188. The molecule has 0 unspecified atom stereocenters. The van der Waals surface area contributed by atoms with E-state index in [-0.39, 0.29) is 42.8 Å². The number of halogens is 4. The van der Waals surface area contributed by atoms with Crippen molar-refractivity contribution >= 4 is 11.4 Å². The molecule has 0 saturated heterocycles. The molecule has 0 N–H and O–H groups in total. The summed E-state index contributed by atoms with van der Waals surface area (Å²) >= 11 is 0. The van der Waals surface area contributed by atoms with Gasteiger partial charge in [0.1, 0.15) is 0 Å². The first-order chi connectivity index (χ1) is 19.2. The average molecular weight is 736 g/mol. The van der Waals surface area contributed by atoms with Crippen molar-refractivity contribution in [2.45, 2.75) is 0 Å². The molecule has 2 aliphatic heterocycles. The number of aromatic nitrogens is 2. The van der Waals surface area contributed by atoms with Gasteiger partial charge in [0, 0.05) is 56.2 Å². The predicted molar refractivity (Wildman–Crippen MR) is 144 cm³/mol. The topological polar surface area (TPSA) is 30.8 Å². The van der Waals surface area contributed by atoms with E-state index >= 15 is 0 Å². The van der Waals surface area contributed by atoms with Crippen molar-refractivity contribution in [3.8, 4) is 22.6 Å². The van der Waals surface area contributed by atoms with Crippen LogP contribution in [0.1, 0.15) is 0 Å². The van der Waals surface area contributed by atoms with Gasteiger partial charge >= 0.3 is 0 Å². The summed E-state index contributed by atoms with van der Waals surface area (Å²) in [5, 5.41) is 0. The van der Waals surface area contributed by atoms with E-state index in [1.54, 1.807) is 7.05 Å². The van der Waals surface area contributed by atoms with Crippen molar-refractivity contribution in [2.24, 2.45) is 7.05 Å². The number of rotatable bonds is 4. The fraction of sp³-hybridized carbons (Fsp3) is 0.100. The largest absolute Gasteiger partial charge is 0.510 e. The molecule has 6 rings (SSSR count). The Morgan fingerprint density at radius 3 is 1.71 bits per heavy atom. The van der Waals surface area contributed by atoms with Crippen LogP contribution in [0, 0.1) is 54.8 Å². The Morgan fingerprint density at radius 2 is 1.24 bits per heavy atom. The van der Waals surface area contributed by atoms with Gasteiger partial charge in [0.25, 0.3) is 0 Å². The van der Waals surface area contributed by atoms with Crippen LogP contribution in [0.15, 0.2) is 73.5 Å². The molecule has 0 atom stereocenters. The minimum atomic E-state index is -0.830. The van der Waals surface area contributed by atoms with Crippen molar-refractivity contribution in [1.29, 1.82) is 0 Å². The molecule has 6 nitrogen and oxygen atoms in total. The first-order valence-corrected chi connectivity index (χ1v) is 12.0. The fourth-order valence-electron chi connectivity index (χ4n) is 4.01. The molecule has 0 bridgehead atoms. The second kappa shape index (κ2) is 12.6. The van der Waals surface area contributed by atoms with Gasteiger partial charge < -0.3 is 29.2 Å². The number of anilines is 2. The summed E-state index contributed by atoms with van der Waals surface area (Å²) in [6.45, 7) is 4.04. The van der Waals surface area contributed by atoms with E-state index in [1.807, 2.05) is 90.0 Å². The van der Waals surface area contributed by atoms with Gasteiger partial charge in [0.15, 0.2) is 0 Å². The molecule has 2 aliphatic rings. The van der Waals surface area contributed by atoms with E-state index < -0.39 is 23.3 Å². The standard InChI is InChI=1S/C16H8F4N2.C14H15N4.Ir/c1-22-8-15(11-4-2-9(17)6-13(11)19)21-16(22)12-5-3-10(18)7-14(12)20;1-15-6-8-17(11-15)13-4-3-5-14(10-13)18-9-7-16(2)12-18;/h2-3,6-8H,1H3;3-9,11-12H,1-2H3;/q-2;-3;. The zero-order valence-corrected chi connectivity index (χ0v) is 24.5. The third kappa shape index (κ3) is 6.81. The van der Waals surface area contributed by atoms with Gasteiger partial charge in [-0.15, -0.1) is 53.8 Å². The summed E-state index contributed by atoms with van der Waals surface area (Å²) < 4.78 is 54.9. The van der Waals surface area contributed by atoms with Gasteiger partial charge in [0.2, 0.25) is 0 Å². The SMILES string of the molecule is CN1C=CN(c2[c-]c(N3C=CN(C)[CH-]3)ccc2)[CH-]1.Cn1cc(-c2[c-]cc(F)cc2F)nc1-c1[c-]cc(F)cc1F.[Ir]. The Bertz CT molecular complexity index is 1550. The number of hydrogen-bond donors (Lipinski definition) is 0. The summed E-state index contributed by atoms with van der Waals surface area (Å²) in [5.41, 5.74) is 2.14. The molecule has 1 radical (unpaired) electrons. The van der Waals surface area contributed by atoms with Gasteiger partial charge in [-0.2, -0.15) is 19.4 Å². The van der Waals surface area contributed by atoms with E-state index in [0.29, 0.717) is 12.1 Å². The predicted octanol–water partition coefficient (Wildman–Crippen LogP) is 6.08. The summed E-state index contributed by atoms with van der Waals surface area (Å²) in [6, 6.07) is 17.8. The van der Waals surface area contributed by atoms with Gasteiger partial charge in [0.05, 0.1) is 0 Å². The van der Waals surface area contributed by atoms with Gasteiger partial charge in [-0.25, -0.2) is 0 Å². The number of imidazole rings is 1. The van der Waals surface area contributed by atoms with Crippen molar-refractivity contribution in [3.63, 3.8) is 0 Å². The van der Waals surface area contributed by atoms with E-state index in [9.17, 15) is 17.6 Å². The van der Waals surface area contributed by atoms with E-state index in [4.69, 9.17) is 0 Å². The summed E-state index contributed by atoms with van der Waals surface area (Å²) in [6.07, 6.45) is 9.50. The first kappa shape index (κ1) is 29.9. The van der Waals surface area contributed by atoms with Crippen LogP contribution in [-0.4, -0.2) is 33.4 Å². The molecule has 0 saturated carbocycles. The van der Waals surface area contributed by atoms with E-state index in [2.05, 4.69) is 23.2 Å². The molecule has 3 aromatic carbocycles. The maximum atomic E-state index is 13.8. The fourth-order valence-corrected chi connectivity index (χ4v) is 4.01. The maximum Gasteiger partial charge on any atom is 0.0480 e. The Hall–Kier alpha value is -4.08. The zero-order valence-electron chi connectivity index (χ0n) is 22.1. The van der Waals surface area contributed by atoms with Crippen LogP contribution in [-0.2, 0) is 27.2 Å². The normalized spacial score (nSPS) is 13.9. The van der Waals surface area contributed by atoms with Crippen molar-refractivity contribution < 1.29 is 37.7 Å². The molecule has 215 valence electrons. The molecule has 1 aromatic heterocycles. The number of nitrogens with zero attached hydrogens (tertiary/aromatic N) is 6. The van der Waals surface area contributed by atoms with E-state index in [1.165, 1.54) is 10.8 Å². The van der Waals surface area contributed by atoms with Crippen molar-refractivity contribution in [2.75, 3.05) is 23.9 Å².